The summed E-state index contributed by atoms with van der Waals surface area (Å²) in [4.78, 5) is 8.89. The Morgan fingerprint density at radius 3 is 2.50 bits per heavy atom. The lowest BCUT2D eigenvalue weighted by molar-refractivity contribution is 0.161. The normalized spacial score (nSPS) is 21.9. The van der Waals surface area contributed by atoms with Gasteiger partial charge in [0.2, 0.25) is 0 Å². The number of hydrogen-bond donors (Lipinski definition) is 3. The molecule has 6 nitrogen and oxygen atoms in total. The van der Waals surface area contributed by atoms with Gasteiger partial charge in [-0.2, -0.15) is 0 Å². The topological polar surface area (TPSA) is 71.1 Å². The molecule has 0 bridgehead atoms. The van der Waals surface area contributed by atoms with Crippen molar-refractivity contribution in [1.29, 1.82) is 0 Å². The maximum Gasteiger partial charge on any atom is 0.152 e. The van der Waals surface area contributed by atoms with Gasteiger partial charge >= 0.3 is 0 Å². The molecule has 2 aromatic rings. The highest BCUT2D eigenvalue weighted by Gasteiger charge is 2.23. The maximum absolute atomic E-state index is 6.51. The highest BCUT2D eigenvalue weighted by molar-refractivity contribution is 6.33. The lowest BCUT2D eigenvalue weighted by Crippen LogP contribution is -2.42. The lowest BCUT2D eigenvalue weighted by atomic mass is 9.90. The van der Waals surface area contributed by atoms with Crippen LogP contribution in [-0.2, 0) is 4.74 Å². The molecule has 0 amide bonds. The van der Waals surface area contributed by atoms with Crippen LogP contribution in [0.25, 0.3) is 11.1 Å². The van der Waals surface area contributed by atoms with Crippen molar-refractivity contribution in [1.82, 2.24) is 15.3 Å². The fraction of sp³-hybridized carbons (Fsp3) is 0.583. The number of aromatic nitrogens is 2. The summed E-state index contributed by atoms with van der Waals surface area (Å²) >= 11 is 12.8. The van der Waals surface area contributed by atoms with Crippen molar-refractivity contribution >= 4 is 34.7 Å². The number of hydrogen-bond acceptors (Lipinski definition) is 6. The van der Waals surface area contributed by atoms with Crippen LogP contribution in [0.2, 0.25) is 10.2 Å². The van der Waals surface area contributed by atoms with Gasteiger partial charge in [-0.1, -0.05) is 23.2 Å². The molecule has 0 saturated heterocycles. The first-order valence-electron chi connectivity index (χ1n) is 11.6. The number of methoxy groups -OCH3 is 1. The van der Waals surface area contributed by atoms with Gasteiger partial charge in [-0.05, 0) is 63.5 Å². The molecule has 32 heavy (non-hydrogen) atoms. The lowest BCUT2D eigenvalue weighted by Gasteiger charge is -2.32. The van der Waals surface area contributed by atoms with Gasteiger partial charge in [-0.15, -0.1) is 0 Å². The molecule has 8 heteroatoms. The molecular formula is C24H33Cl2N5O. The smallest absolute Gasteiger partial charge is 0.152 e. The minimum atomic E-state index is 0.381. The third-order valence-electron chi connectivity index (χ3n) is 6.30. The molecule has 0 radical (unpaired) electrons. The predicted octanol–water partition coefficient (Wildman–Crippen LogP) is 5.62. The third-order valence-corrected chi connectivity index (χ3v) is 6.90. The van der Waals surface area contributed by atoms with Crippen LogP contribution in [0.5, 0.6) is 0 Å². The van der Waals surface area contributed by atoms with Crippen LogP contribution >= 0.6 is 23.2 Å². The van der Waals surface area contributed by atoms with Crippen molar-refractivity contribution in [3.8, 4) is 11.1 Å². The number of halogens is 2. The Morgan fingerprint density at radius 1 is 1.03 bits per heavy atom. The van der Waals surface area contributed by atoms with Gasteiger partial charge in [-0.3, -0.25) is 0 Å². The van der Waals surface area contributed by atoms with Crippen molar-refractivity contribution in [3.05, 3.63) is 34.7 Å². The van der Waals surface area contributed by atoms with Crippen molar-refractivity contribution in [3.63, 3.8) is 0 Å². The molecular weight excluding hydrogens is 445 g/mol. The van der Waals surface area contributed by atoms with Gasteiger partial charge < -0.3 is 20.7 Å². The molecule has 2 fully saturated rings. The predicted molar refractivity (Wildman–Crippen MR) is 133 cm³/mol. The van der Waals surface area contributed by atoms with E-state index in [2.05, 4.69) is 32.8 Å². The van der Waals surface area contributed by atoms with Crippen LogP contribution in [0.15, 0.2) is 24.5 Å². The van der Waals surface area contributed by atoms with Crippen LogP contribution in [0, 0.1) is 5.92 Å². The second-order valence-corrected chi connectivity index (χ2v) is 9.92. The number of pyridine rings is 2. The van der Waals surface area contributed by atoms with Gasteiger partial charge in [0, 0.05) is 55.3 Å². The number of ether oxygens (including phenoxy) is 1. The second-order valence-electron chi connectivity index (χ2n) is 9.15. The van der Waals surface area contributed by atoms with Gasteiger partial charge in [0.1, 0.15) is 5.82 Å². The quantitative estimate of drug-likeness (QED) is 0.385. The van der Waals surface area contributed by atoms with Crippen molar-refractivity contribution in [2.75, 3.05) is 30.9 Å². The summed E-state index contributed by atoms with van der Waals surface area (Å²) in [6.07, 6.45) is 10.6. The largest absolute Gasteiger partial charge is 0.383 e. The number of nitrogens with one attached hydrogen (secondary N) is 3. The molecule has 2 aromatic heterocycles. The van der Waals surface area contributed by atoms with Crippen LogP contribution in [0.3, 0.4) is 0 Å². The van der Waals surface area contributed by atoms with E-state index in [1.165, 1.54) is 12.8 Å². The monoisotopic (exact) mass is 477 g/mol. The number of nitrogens with zero attached hydrogens (tertiary/aromatic N) is 2. The SMILES string of the molecule is COCC(C)NC1CCC(Nc2cc(-c3cnc(Cl)c(NCC4CC4)c3)c(Cl)cn2)CC1. The van der Waals surface area contributed by atoms with E-state index in [4.69, 9.17) is 27.9 Å². The van der Waals surface area contributed by atoms with E-state index >= 15 is 0 Å². The summed E-state index contributed by atoms with van der Waals surface area (Å²) in [6.45, 7) is 3.85. The maximum atomic E-state index is 6.51. The summed E-state index contributed by atoms with van der Waals surface area (Å²) in [5.41, 5.74) is 2.70. The van der Waals surface area contributed by atoms with E-state index in [0.29, 0.717) is 28.3 Å². The number of anilines is 2. The molecule has 2 heterocycles. The summed E-state index contributed by atoms with van der Waals surface area (Å²) < 4.78 is 5.23. The van der Waals surface area contributed by atoms with Gasteiger partial charge in [0.25, 0.3) is 0 Å². The first-order chi connectivity index (χ1) is 15.5. The molecule has 2 aliphatic carbocycles. The summed E-state index contributed by atoms with van der Waals surface area (Å²) in [5.74, 6) is 1.60. The highest BCUT2D eigenvalue weighted by Crippen LogP contribution is 2.34. The van der Waals surface area contributed by atoms with E-state index in [9.17, 15) is 0 Å². The van der Waals surface area contributed by atoms with E-state index in [-0.39, 0.29) is 0 Å². The Balaban J connectivity index is 1.38. The van der Waals surface area contributed by atoms with Crippen LogP contribution in [0.4, 0.5) is 11.5 Å². The number of rotatable bonds is 10. The van der Waals surface area contributed by atoms with E-state index in [1.807, 2.05) is 12.1 Å². The molecule has 4 rings (SSSR count). The molecule has 2 saturated carbocycles. The van der Waals surface area contributed by atoms with Crippen molar-refractivity contribution in [2.24, 2.45) is 5.92 Å². The molecule has 174 valence electrons. The third kappa shape index (κ3) is 6.47. The highest BCUT2D eigenvalue weighted by atomic mass is 35.5. The fourth-order valence-electron chi connectivity index (χ4n) is 4.35. The Morgan fingerprint density at radius 2 is 1.78 bits per heavy atom. The molecule has 1 atom stereocenters. The van der Waals surface area contributed by atoms with E-state index in [1.54, 1.807) is 19.5 Å². The van der Waals surface area contributed by atoms with Gasteiger partial charge in [0.15, 0.2) is 5.15 Å². The van der Waals surface area contributed by atoms with Crippen molar-refractivity contribution in [2.45, 2.75) is 63.6 Å². The van der Waals surface area contributed by atoms with E-state index < -0.39 is 0 Å². The standard InChI is InChI=1S/C24H33Cl2N5O/c1-15(14-32-2)30-18-5-7-19(8-6-18)31-23-10-20(21(25)13-28-23)17-9-22(24(26)29-12-17)27-11-16-3-4-16/h9-10,12-13,15-16,18-19,27,30H,3-8,11,14H2,1-2H3,(H,28,31). The Labute approximate surface area is 200 Å². The average Bonchev–Trinajstić information content (AvgIpc) is 3.61. The Kier molecular flexibility index (Phi) is 8.11. The summed E-state index contributed by atoms with van der Waals surface area (Å²) in [5, 5.41) is 11.8. The van der Waals surface area contributed by atoms with E-state index in [0.717, 1.165) is 67.4 Å². The Bertz CT molecular complexity index is 900. The van der Waals surface area contributed by atoms with Crippen LogP contribution < -0.4 is 16.0 Å². The molecule has 0 spiro atoms. The van der Waals surface area contributed by atoms with Crippen molar-refractivity contribution < 1.29 is 4.74 Å². The Hall–Kier alpha value is -1.60. The molecule has 0 aromatic carbocycles. The zero-order valence-electron chi connectivity index (χ0n) is 18.8. The minimum Gasteiger partial charge on any atom is -0.383 e. The fourth-order valence-corrected chi connectivity index (χ4v) is 4.73. The zero-order chi connectivity index (χ0) is 22.5. The van der Waals surface area contributed by atoms with Crippen LogP contribution in [0.1, 0.15) is 45.4 Å². The minimum absolute atomic E-state index is 0.381. The average molecular weight is 478 g/mol. The molecule has 3 N–H and O–H groups in total. The summed E-state index contributed by atoms with van der Waals surface area (Å²) in [6, 6.07) is 5.38. The molecule has 0 aliphatic heterocycles. The second kappa shape index (κ2) is 11.0. The first kappa shape index (κ1) is 23.6. The molecule has 2 aliphatic rings. The molecule has 1 unspecified atom stereocenters. The van der Waals surface area contributed by atoms with Crippen LogP contribution in [-0.4, -0.2) is 48.4 Å². The van der Waals surface area contributed by atoms with Gasteiger partial charge in [0.05, 0.1) is 17.3 Å². The van der Waals surface area contributed by atoms with Gasteiger partial charge in [-0.25, -0.2) is 9.97 Å². The summed E-state index contributed by atoms with van der Waals surface area (Å²) in [7, 11) is 1.75. The zero-order valence-corrected chi connectivity index (χ0v) is 20.3. The first-order valence-corrected chi connectivity index (χ1v) is 12.3.